The lowest BCUT2D eigenvalue weighted by Crippen LogP contribution is -2.64. The van der Waals surface area contributed by atoms with E-state index in [1.165, 1.54) is 6.20 Å². The van der Waals surface area contributed by atoms with Gasteiger partial charge in [0.1, 0.15) is 5.69 Å². The van der Waals surface area contributed by atoms with Crippen molar-refractivity contribution in [3.05, 3.63) is 18.2 Å². The van der Waals surface area contributed by atoms with Crippen molar-refractivity contribution in [2.75, 3.05) is 56.5 Å². The second-order valence-corrected chi connectivity index (χ2v) is 7.91. The molecule has 2 saturated heterocycles. The minimum Gasteiger partial charge on any atom is -0.365 e. The number of anilines is 2. The number of hydrogen-bond acceptors (Lipinski definition) is 8. The molecule has 1 aromatic rings. The van der Waals surface area contributed by atoms with Crippen LogP contribution in [0.5, 0.6) is 0 Å². The van der Waals surface area contributed by atoms with Gasteiger partial charge in [0.25, 0.3) is 0 Å². The zero-order valence-electron chi connectivity index (χ0n) is 15.9. The van der Waals surface area contributed by atoms with Gasteiger partial charge in [0.15, 0.2) is 5.82 Å². The van der Waals surface area contributed by atoms with Crippen LogP contribution in [0.3, 0.4) is 0 Å². The van der Waals surface area contributed by atoms with E-state index in [-0.39, 0.29) is 5.38 Å². The molecule has 156 valence electrons. The summed E-state index contributed by atoms with van der Waals surface area (Å²) in [5.41, 5.74) is 12.4. The van der Waals surface area contributed by atoms with E-state index >= 15 is 0 Å². The van der Waals surface area contributed by atoms with Crippen LogP contribution in [0.2, 0.25) is 0 Å². The summed E-state index contributed by atoms with van der Waals surface area (Å²) in [6, 6.07) is 0. The maximum Gasteiger partial charge on any atom is 0.233 e. The largest absolute Gasteiger partial charge is 0.365 e. The molecule has 1 unspecified atom stereocenters. The van der Waals surface area contributed by atoms with Crippen molar-refractivity contribution in [3.63, 3.8) is 0 Å². The molecule has 2 aliphatic rings. The van der Waals surface area contributed by atoms with Crippen molar-refractivity contribution in [2.45, 2.75) is 17.7 Å². The summed E-state index contributed by atoms with van der Waals surface area (Å²) in [5.74, 6) is -1.65. The van der Waals surface area contributed by atoms with Gasteiger partial charge in [-0.15, -0.1) is 11.6 Å². The van der Waals surface area contributed by atoms with E-state index in [4.69, 9.17) is 23.1 Å². The van der Waals surface area contributed by atoms with Crippen LogP contribution in [-0.4, -0.2) is 79.8 Å². The van der Waals surface area contributed by atoms with E-state index in [2.05, 4.69) is 25.8 Å². The fraction of sp³-hybridized carbons (Fsp3) is 0.647. The van der Waals surface area contributed by atoms with Gasteiger partial charge in [0.05, 0.1) is 41.7 Å². The van der Waals surface area contributed by atoms with E-state index in [1.807, 2.05) is 11.9 Å². The SMILES string of the molecule is CN1CCN(c2c(F)cncc2NC(=O)C(C(N)N)C2NCC(Cl)CN2)CC1. The van der Waals surface area contributed by atoms with Gasteiger partial charge in [0, 0.05) is 39.3 Å². The van der Waals surface area contributed by atoms with Gasteiger partial charge in [-0.2, -0.15) is 0 Å². The van der Waals surface area contributed by atoms with Gasteiger partial charge in [-0.3, -0.25) is 20.4 Å². The quantitative estimate of drug-likeness (QED) is 0.304. The molecule has 9 nitrogen and oxygen atoms in total. The van der Waals surface area contributed by atoms with Crippen LogP contribution in [0.15, 0.2) is 12.4 Å². The molecule has 2 fully saturated rings. The van der Waals surface area contributed by atoms with E-state index in [0.717, 1.165) is 19.3 Å². The fourth-order valence-corrected chi connectivity index (χ4v) is 3.72. The lowest BCUT2D eigenvalue weighted by Gasteiger charge is -2.36. The molecule has 1 aromatic heterocycles. The van der Waals surface area contributed by atoms with E-state index < -0.39 is 30.0 Å². The van der Waals surface area contributed by atoms with Crippen molar-refractivity contribution in [2.24, 2.45) is 17.4 Å². The molecular formula is C17H28ClFN8O. The first-order chi connectivity index (χ1) is 13.4. The average Bonchev–Trinajstić information content (AvgIpc) is 2.64. The lowest BCUT2D eigenvalue weighted by atomic mass is 9.99. The number of carbonyl (C=O) groups is 1. The topological polar surface area (TPSA) is 125 Å². The number of amides is 1. The summed E-state index contributed by atoms with van der Waals surface area (Å²) in [5, 5.41) is 8.98. The van der Waals surface area contributed by atoms with Crippen LogP contribution in [0.4, 0.5) is 15.8 Å². The molecule has 3 rings (SSSR count). The third-order valence-corrected chi connectivity index (χ3v) is 5.45. The number of piperazine rings is 1. The molecule has 11 heteroatoms. The van der Waals surface area contributed by atoms with Crippen LogP contribution in [0.1, 0.15) is 0 Å². The Morgan fingerprint density at radius 1 is 1.29 bits per heavy atom. The van der Waals surface area contributed by atoms with E-state index in [1.54, 1.807) is 0 Å². The number of likely N-dealkylation sites (N-methyl/N-ethyl adjacent to an activating group) is 1. The molecular weight excluding hydrogens is 387 g/mol. The number of nitrogens with zero attached hydrogens (tertiary/aromatic N) is 3. The van der Waals surface area contributed by atoms with E-state index in [9.17, 15) is 9.18 Å². The molecule has 1 atom stereocenters. The van der Waals surface area contributed by atoms with Crippen LogP contribution >= 0.6 is 11.6 Å². The minimum absolute atomic E-state index is 0.0785. The van der Waals surface area contributed by atoms with Crippen molar-refractivity contribution in [1.82, 2.24) is 20.5 Å². The number of rotatable bonds is 5. The summed E-state index contributed by atoms with van der Waals surface area (Å²) in [7, 11) is 2.02. The van der Waals surface area contributed by atoms with Gasteiger partial charge >= 0.3 is 0 Å². The second kappa shape index (κ2) is 9.29. The molecule has 0 bridgehead atoms. The lowest BCUT2D eigenvalue weighted by molar-refractivity contribution is -0.121. The predicted molar refractivity (Wildman–Crippen MR) is 108 cm³/mol. The molecule has 0 aromatic carbocycles. The third kappa shape index (κ3) is 4.88. The number of aromatic nitrogens is 1. The first kappa shape index (κ1) is 21.2. The maximum atomic E-state index is 14.6. The zero-order valence-corrected chi connectivity index (χ0v) is 16.6. The Hall–Kier alpha value is -1.56. The van der Waals surface area contributed by atoms with Crippen molar-refractivity contribution in [1.29, 1.82) is 0 Å². The highest BCUT2D eigenvalue weighted by molar-refractivity contribution is 6.21. The van der Waals surface area contributed by atoms with Gasteiger partial charge in [0.2, 0.25) is 5.91 Å². The number of hydrogen-bond donors (Lipinski definition) is 5. The number of carbonyl (C=O) groups excluding carboxylic acids is 1. The van der Waals surface area contributed by atoms with Gasteiger partial charge in [-0.05, 0) is 7.05 Å². The highest BCUT2D eigenvalue weighted by atomic mass is 35.5. The van der Waals surface area contributed by atoms with Crippen LogP contribution in [0.25, 0.3) is 0 Å². The highest BCUT2D eigenvalue weighted by Gasteiger charge is 2.35. The Kier molecular flexibility index (Phi) is 7.02. The Morgan fingerprint density at radius 2 is 1.93 bits per heavy atom. The highest BCUT2D eigenvalue weighted by Crippen LogP contribution is 2.29. The normalized spacial score (nSPS) is 25.0. The Balaban J connectivity index is 1.78. The van der Waals surface area contributed by atoms with Crippen molar-refractivity contribution >= 4 is 28.9 Å². The van der Waals surface area contributed by atoms with Crippen LogP contribution in [-0.2, 0) is 4.79 Å². The van der Waals surface area contributed by atoms with Crippen molar-refractivity contribution in [3.8, 4) is 0 Å². The van der Waals surface area contributed by atoms with Gasteiger partial charge in [-0.25, -0.2) is 4.39 Å². The molecule has 0 radical (unpaired) electrons. The Bertz CT molecular complexity index is 677. The summed E-state index contributed by atoms with van der Waals surface area (Å²) in [4.78, 5) is 21.0. The monoisotopic (exact) mass is 414 g/mol. The summed E-state index contributed by atoms with van der Waals surface area (Å²) in [6.45, 7) is 3.99. The second-order valence-electron chi connectivity index (χ2n) is 7.29. The number of pyridine rings is 1. The molecule has 2 aliphatic heterocycles. The summed E-state index contributed by atoms with van der Waals surface area (Å²) < 4.78 is 14.6. The van der Waals surface area contributed by atoms with Crippen LogP contribution < -0.4 is 32.3 Å². The van der Waals surface area contributed by atoms with Gasteiger partial charge in [-0.1, -0.05) is 0 Å². The summed E-state index contributed by atoms with van der Waals surface area (Å²) >= 11 is 6.06. The Morgan fingerprint density at radius 3 is 2.54 bits per heavy atom. The fourth-order valence-electron chi connectivity index (χ4n) is 3.54. The average molecular weight is 415 g/mol. The Labute approximate surface area is 168 Å². The smallest absolute Gasteiger partial charge is 0.233 e. The number of halogens is 2. The molecule has 7 N–H and O–H groups in total. The molecule has 1 amide bonds. The maximum absolute atomic E-state index is 14.6. The zero-order chi connectivity index (χ0) is 20.3. The van der Waals surface area contributed by atoms with Gasteiger partial charge < -0.3 is 26.6 Å². The minimum atomic E-state index is -0.912. The first-order valence-corrected chi connectivity index (χ1v) is 9.80. The van der Waals surface area contributed by atoms with Crippen LogP contribution in [0, 0.1) is 11.7 Å². The van der Waals surface area contributed by atoms with E-state index in [0.29, 0.717) is 37.6 Å². The molecule has 0 spiro atoms. The number of nitrogens with one attached hydrogen (secondary N) is 3. The predicted octanol–water partition coefficient (Wildman–Crippen LogP) is -1.10. The molecule has 28 heavy (non-hydrogen) atoms. The molecule has 0 aliphatic carbocycles. The third-order valence-electron chi connectivity index (χ3n) is 5.15. The number of nitrogens with two attached hydrogens (primary N) is 2. The van der Waals surface area contributed by atoms with Crippen molar-refractivity contribution < 1.29 is 9.18 Å². The standard InChI is InChI=1S/C17H28ClFN8O/c1-26-2-4-27(5-3-26)14-11(19)8-22-9-12(14)25-17(28)13(15(20)21)16-23-6-10(18)7-24-16/h8-10,13,15-16,23-24H,2-7,20-21H2,1H3,(H,25,28). The molecule has 3 heterocycles. The first-order valence-electron chi connectivity index (χ1n) is 9.36. The molecule has 0 saturated carbocycles. The summed E-state index contributed by atoms with van der Waals surface area (Å²) in [6.07, 6.45) is 1.26. The number of alkyl halides is 1.